The van der Waals surface area contributed by atoms with E-state index in [-0.39, 0.29) is 51.2 Å². The number of nitrogens with two attached hydrogens (primary N) is 1. The van der Waals surface area contributed by atoms with E-state index in [4.69, 9.17) is 15.2 Å². The molecule has 1 rings (SSSR count). The van der Waals surface area contributed by atoms with Gasteiger partial charge in [0, 0.05) is 25.9 Å². The van der Waals surface area contributed by atoms with E-state index in [1.54, 1.807) is 13.8 Å². The highest BCUT2D eigenvalue weighted by atomic mass is 16.6. The van der Waals surface area contributed by atoms with Crippen molar-refractivity contribution in [3.05, 3.63) is 12.2 Å². The van der Waals surface area contributed by atoms with Crippen molar-refractivity contribution >= 4 is 29.9 Å². The van der Waals surface area contributed by atoms with Gasteiger partial charge in [-0.2, -0.15) is 0 Å². The zero-order valence-electron chi connectivity index (χ0n) is 22.3. The van der Waals surface area contributed by atoms with Gasteiger partial charge in [0.25, 0.3) is 0 Å². The van der Waals surface area contributed by atoms with E-state index in [1.807, 2.05) is 6.08 Å². The number of nitrogens with one attached hydrogen (secondary N) is 4. The lowest BCUT2D eigenvalue weighted by Gasteiger charge is -2.24. The van der Waals surface area contributed by atoms with Gasteiger partial charge in [0.2, 0.25) is 11.8 Å². The third kappa shape index (κ3) is 15.0. The Hall–Kier alpha value is -3.35. The molecule has 3 atom stereocenters. The second-order valence-corrected chi connectivity index (χ2v) is 9.43. The lowest BCUT2D eigenvalue weighted by molar-refractivity contribution is -0.142. The molecule has 1 aliphatic rings. The van der Waals surface area contributed by atoms with E-state index in [2.05, 4.69) is 27.3 Å². The highest BCUT2D eigenvalue weighted by Crippen LogP contribution is 2.15. The van der Waals surface area contributed by atoms with Gasteiger partial charge in [-0.05, 0) is 44.4 Å². The number of carbonyl (C=O) groups is 5. The van der Waals surface area contributed by atoms with Gasteiger partial charge in [-0.1, -0.05) is 26.0 Å². The predicted molar refractivity (Wildman–Crippen MR) is 139 cm³/mol. The maximum absolute atomic E-state index is 12.7. The molecule has 2 unspecified atom stereocenters. The molecule has 0 aliphatic heterocycles. The normalized spacial score (nSPS) is 17.7. The van der Waals surface area contributed by atoms with Crippen LogP contribution in [0.15, 0.2) is 12.2 Å². The quantitative estimate of drug-likeness (QED) is 0.124. The molecule has 0 radical (unpaired) electrons. The van der Waals surface area contributed by atoms with Crippen LogP contribution in [0.2, 0.25) is 0 Å². The van der Waals surface area contributed by atoms with Crippen molar-refractivity contribution < 1.29 is 38.6 Å². The largest absolute Gasteiger partial charge is 0.480 e. The lowest BCUT2D eigenvalue weighted by atomic mass is 10.0. The van der Waals surface area contributed by atoms with Crippen LogP contribution >= 0.6 is 0 Å². The van der Waals surface area contributed by atoms with Gasteiger partial charge in [0.1, 0.15) is 18.2 Å². The van der Waals surface area contributed by atoms with Gasteiger partial charge in [-0.3, -0.25) is 9.59 Å². The SMILES string of the molecule is CC(C)C(NC(=O)CCOCCNC(=O)OC1C/C=C\CCCC1)C(=O)N[C@@H](CCCNC(N)=O)C(=O)O. The molecule has 1 aliphatic carbocycles. The number of carbonyl (C=O) groups excluding carboxylic acids is 4. The molecule has 38 heavy (non-hydrogen) atoms. The molecule has 216 valence electrons. The van der Waals surface area contributed by atoms with E-state index >= 15 is 0 Å². The van der Waals surface area contributed by atoms with Gasteiger partial charge in [0.05, 0.1) is 13.2 Å². The third-order valence-corrected chi connectivity index (χ3v) is 5.82. The van der Waals surface area contributed by atoms with E-state index in [9.17, 15) is 29.1 Å². The van der Waals surface area contributed by atoms with Crippen LogP contribution < -0.4 is 27.0 Å². The number of urea groups is 1. The summed E-state index contributed by atoms with van der Waals surface area (Å²) in [6.45, 7) is 4.12. The Morgan fingerprint density at radius 2 is 1.79 bits per heavy atom. The summed E-state index contributed by atoms with van der Waals surface area (Å²) in [7, 11) is 0. The van der Waals surface area contributed by atoms with Gasteiger partial charge in [-0.15, -0.1) is 0 Å². The first-order valence-corrected chi connectivity index (χ1v) is 13.1. The van der Waals surface area contributed by atoms with Crippen LogP contribution in [0, 0.1) is 5.92 Å². The Labute approximate surface area is 223 Å². The van der Waals surface area contributed by atoms with Gasteiger partial charge in [-0.25, -0.2) is 14.4 Å². The average Bonchev–Trinajstić information content (AvgIpc) is 2.82. The maximum atomic E-state index is 12.7. The highest BCUT2D eigenvalue weighted by molar-refractivity contribution is 5.90. The monoisotopic (exact) mass is 541 g/mol. The van der Waals surface area contributed by atoms with Crippen LogP contribution in [0.4, 0.5) is 9.59 Å². The van der Waals surface area contributed by atoms with Gasteiger partial charge < -0.3 is 41.6 Å². The number of aliphatic carboxylic acids is 1. The summed E-state index contributed by atoms with van der Waals surface area (Å²) in [5.74, 6) is -2.57. The molecule has 0 saturated heterocycles. The first-order valence-electron chi connectivity index (χ1n) is 13.1. The lowest BCUT2D eigenvalue weighted by Crippen LogP contribution is -2.53. The smallest absolute Gasteiger partial charge is 0.407 e. The molecular formula is C25H43N5O8. The Morgan fingerprint density at radius 1 is 1.03 bits per heavy atom. The molecule has 13 heteroatoms. The topological polar surface area (TPSA) is 198 Å². The Morgan fingerprint density at radius 3 is 2.47 bits per heavy atom. The molecule has 0 aromatic carbocycles. The maximum Gasteiger partial charge on any atom is 0.407 e. The Balaban J connectivity index is 2.31. The first kappa shape index (κ1) is 32.7. The number of allylic oxidation sites excluding steroid dienone is 1. The number of hydrogen-bond acceptors (Lipinski definition) is 7. The van der Waals surface area contributed by atoms with Gasteiger partial charge in [0.15, 0.2) is 0 Å². The summed E-state index contributed by atoms with van der Waals surface area (Å²) in [5, 5.41) is 19.4. The second-order valence-electron chi connectivity index (χ2n) is 9.43. The molecule has 0 aromatic heterocycles. The predicted octanol–water partition coefficient (Wildman–Crippen LogP) is 1.17. The first-order chi connectivity index (χ1) is 18.1. The molecule has 0 bridgehead atoms. The van der Waals surface area contributed by atoms with Crippen molar-refractivity contribution in [2.24, 2.45) is 11.7 Å². The summed E-state index contributed by atoms with van der Waals surface area (Å²) in [6.07, 6.45) is 8.57. The minimum atomic E-state index is -1.22. The minimum absolute atomic E-state index is 0.0174. The van der Waals surface area contributed by atoms with Crippen molar-refractivity contribution in [3.8, 4) is 0 Å². The second kappa shape index (κ2) is 18.8. The third-order valence-electron chi connectivity index (χ3n) is 5.82. The Bertz CT molecular complexity index is 805. The fourth-order valence-electron chi connectivity index (χ4n) is 3.73. The molecule has 5 amide bonds. The number of hydrogen-bond donors (Lipinski definition) is 6. The van der Waals surface area contributed by atoms with E-state index in [0.29, 0.717) is 12.8 Å². The summed E-state index contributed by atoms with van der Waals surface area (Å²) in [4.78, 5) is 59.2. The summed E-state index contributed by atoms with van der Waals surface area (Å²) in [5.41, 5.74) is 4.97. The molecule has 0 saturated carbocycles. The summed E-state index contributed by atoms with van der Waals surface area (Å²) < 4.78 is 10.8. The molecular weight excluding hydrogens is 498 g/mol. The van der Waals surface area contributed by atoms with Crippen LogP contribution in [0.5, 0.6) is 0 Å². The summed E-state index contributed by atoms with van der Waals surface area (Å²) in [6, 6.07) is -2.83. The van der Waals surface area contributed by atoms with E-state index < -0.39 is 42.0 Å². The van der Waals surface area contributed by atoms with Crippen molar-refractivity contribution in [1.82, 2.24) is 21.3 Å². The van der Waals surface area contributed by atoms with Crippen molar-refractivity contribution in [1.29, 1.82) is 0 Å². The highest BCUT2D eigenvalue weighted by Gasteiger charge is 2.28. The number of carboxylic acid groups (broad SMARTS) is 1. The number of alkyl carbamates (subject to hydrolysis) is 1. The number of carboxylic acids is 1. The van der Waals surface area contributed by atoms with E-state index in [1.165, 1.54) is 0 Å². The van der Waals surface area contributed by atoms with E-state index in [0.717, 1.165) is 25.7 Å². The molecule has 0 aromatic rings. The average molecular weight is 542 g/mol. The number of amides is 5. The van der Waals surface area contributed by atoms with Crippen molar-refractivity contribution in [2.45, 2.75) is 83.4 Å². The van der Waals surface area contributed by atoms with Crippen LogP contribution in [-0.4, -0.2) is 79.5 Å². The zero-order valence-corrected chi connectivity index (χ0v) is 22.3. The van der Waals surface area contributed by atoms with Crippen LogP contribution in [0.25, 0.3) is 0 Å². The fraction of sp³-hybridized carbons (Fsp3) is 0.720. The van der Waals surface area contributed by atoms with Gasteiger partial charge >= 0.3 is 18.1 Å². The summed E-state index contributed by atoms with van der Waals surface area (Å²) >= 11 is 0. The fourth-order valence-corrected chi connectivity index (χ4v) is 3.73. The van der Waals surface area contributed by atoms with Crippen molar-refractivity contribution in [2.75, 3.05) is 26.3 Å². The number of ether oxygens (including phenoxy) is 2. The number of rotatable bonds is 16. The molecule has 0 fully saturated rings. The minimum Gasteiger partial charge on any atom is -0.480 e. The molecule has 0 spiro atoms. The van der Waals surface area contributed by atoms with Crippen LogP contribution in [0.1, 0.15) is 65.2 Å². The zero-order chi connectivity index (χ0) is 28.3. The van der Waals surface area contributed by atoms with Crippen LogP contribution in [0.3, 0.4) is 0 Å². The molecule has 13 nitrogen and oxygen atoms in total. The Kier molecular flexibility index (Phi) is 16.2. The van der Waals surface area contributed by atoms with Crippen molar-refractivity contribution in [3.63, 3.8) is 0 Å². The standard InChI is InChI=1S/C25H43N5O8/c1-17(2)21(22(32)29-19(23(33)34)11-8-13-27-24(26)35)30-20(31)12-15-37-16-14-28-25(36)38-18-9-6-4-3-5-7-10-18/h4,6,17-19,21H,3,5,7-16H2,1-2H3,(H,28,36)(H,29,32)(H,30,31)(H,33,34)(H3,26,27,35)/b6-4-/t18?,19-,21?/m0/s1. The molecule has 0 heterocycles. The van der Waals surface area contributed by atoms with Crippen LogP contribution in [-0.2, 0) is 23.9 Å². The molecule has 7 N–H and O–H groups in total. The number of primary amides is 1.